The summed E-state index contributed by atoms with van der Waals surface area (Å²) >= 11 is 0. The van der Waals surface area contributed by atoms with Crippen molar-refractivity contribution in [1.82, 2.24) is 10.2 Å². The van der Waals surface area contributed by atoms with E-state index in [9.17, 15) is 0 Å². The van der Waals surface area contributed by atoms with Crippen molar-refractivity contribution in [2.75, 3.05) is 6.67 Å². The van der Waals surface area contributed by atoms with Crippen molar-refractivity contribution in [2.45, 2.75) is 13.2 Å². The maximum Gasteiger partial charge on any atom is 0.125 e. The molecule has 0 aliphatic carbocycles. The van der Waals surface area contributed by atoms with Crippen LogP contribution in [0.25, 0.3) is 0 Å². The van der Waals surface area contributed by atoms with Crippen molar-refractivity contribution in [3.63, 3.8) is 0 Å². The smallest absolute Gasteiger partial charge is 0.125 e. The van der Waals surface area contributed by atoms with Gasteiger partial charge in [-0.1, -0.05) is 0 Å². The second-order valence-corrected chi connectivity index (χ2v) is 1.82. The lowest BCUT2D eigenvalue weighted by Gasteiger charge is -2.17. The Hall–Kier alpha value is -0.700. The van der Waals surface area contributed by atoms with Gasteiger partial charge in [-0.05, 0) is 6.92 Å². The summed E-state index contributed by atoms with van der Waals surface area (Å²) in [5, 5.41) is 11.8. The Labute approximate surface area is 48.6 Å². The molecular formula is C5H10N2O. The van der Waals surface area contributed by atoms with Crippen molar-refractivity contribution >= 4 is 0 Å². The molecule has 1 aliphatic heterocycles. The van der Waals surface area contributed by atoms with Gasteiger partial charge in [-0.3, -0.25) is 0 Å². The summed E-state index contributed by atoms with van der Waals surface area (Å²) in [6.45, 7) is 2.45. The third-order valence-electron chi connectivity index (χ3n) is 1.14. The minimum atomic E-state index is -0.374. The zero-order valence-corrected chi connectivity index (χ0v) is 4.83. The Morgan fingerprint density at radius 1 is 1.88 bits per heavy atom. The third kappa shape index (κ3) is 0.924. The van der Waals surface area contributed by atoms with E-state index in [1.165, 1.54) is 0 Å². The van der Waals surface area contributed by atoms with E-state index in [1.54, 1.807) is 11.8 Å². The average Bonchev–Trinajstić information content (AvgIpc) is 2.12. The summed E-state index contributed by atoms with van der Waals surface area (Å²) in [6, 6.07) is 0. The lowest BCUT2D eigenvalue weighted by Crippen LogP contribution is -2.29. The Morgan fingerprint density at radius 3 is 2.88 bits per heavy atom. The molecule has 8 heavy (non-hydrogen) atoms. The molecule has 0 spiro atoms. The number of rotatable bonds is 1. The topological polar surface area (TPSA) is 35.5 Å². The van der Waals surface area contributed by atoms with Crippen molar-refractivity contribution in [1.29, 1.82) is 0 Å². The first-order valence-electron chi connectivity index (χ1n) is 2.64. The van der Waals surface area contributed by atoms with Gasteiger partial charge in [-0.25, -0.2) is 0 Å². The van der Waals surface area contributed by atoms with Crippen LogP contribution in [0.5, 0.6) is 0 Å². The Balaban J connectivity index is 2.36. The van der Waals surface area contributed by atoms with E-state index in [-0.39, 0.29) is 6.23 Å². The van der Waals surface area contributed by atoms with Gasteiger partial charge in [0.15, 0.2) is 0 Å². The van der Waals surface area contributed by atoms with Gasteiger partial charge >= 0.3 is 0 Å². The normalized spacial score (nSPS) is 21.0. The van der Waals surface area contributed by atoms with E-state index >= 15 is 0 Å². The molecule has 46 valence electrons. The number of aliphatic hydroxyl groups excluding tert-OH is 1. The molecule has 1 atom stereocenters. The highest BCUT2D eigenvalue weighted by Gasteiger charge is 2.06. The fraction of sp³-hybridized carbons (Fsp3) is 0.600. The SMILES string of the molecule is C[C@@H](O)N1C=CNC1. The summed E-state index contributed by atoms with van der Waals surface area (Å²) < 4.78 is 0. The van der Waals surface area contributed by atoms with Crippen molar-refractivity contribution < 1.29 is 5.11 Å². The van der Waals surface area contributed by atoms with Gasteiger partial charge in [0.25, 0.3) is 0 Å². The number of hydrogen-bond acceptors (Lipinski definition) is 3. The summed E-state index contributed by atoms with van der Waals surface area (Å²) in [5.41, 5.74) is 0. The summed E-state index contributed by atoms with van der Waals surface area (Å²) in [4.78, 5) is 1.79. The van der Waals surface area contributed by atoms with E-state index in [0.29, 0.717) is 0 Å². The minimum Gasteiger partial charge on any atom is -0.374 e. The largest absolute Gasteiger partial charge is 0.374 e. The van der Waals surface area contributed by atoms with Crippen LogP contribution in [0.15, 0.2) is 12.4 Å². The second kappa shape index (κ2) is 2.05. The zero-order valence-electron chi connectivity index (χ0n) is 4.83. The van der Waals surface area contributed by atoms with Crippen LogP contribution in [0, 0.1) is 0 Å². The number of aliphatic hydroxyl groups is 1. The summed E-state index contributed by atoms with van der Waals surface area (Å²) in [6.07, 6.45) is 3.26. The van der Waals surface area contributed by atoms with Crippen LogP contribution in [0.3, 0.4) is 0 Å². The summed E-state index contributed by atoms with van der Waals surface area (Å²) in [5.74, 6) is 0. The first kappa shape index (κ1) is 5.44. The highest BCUT2D eigenvalue weighted by molar-refractivity contribution is 4.87. The fourth-order valence-corrected chi connectivity index (χ4v) is 0.616. The Bertz CT molecular complexity index is 101. The van der Waals surface area contributed by atoms with Crippen molar-refractivity contribution in [3.05, 3.63) is 12.4 Å². The molecule has 2 N–H and O–H groups in total. The molecule has 0 fully saturated rings. The molecule has 1 aliphatic rings. The monoisotopic (exact) mass is 114 g/mol. The Morgan fingerprint density at radius 2 is 2.62 bits per heavy atom. The molecule has 0 aromatic rings. The lowest BCUT2D eigenvalue weighted by atomic mass is 10.6. The molecule has 0 saturated carbocycles. The van der Waals surface area contributed by atoms with Crippen molar-refractivity contribution in [2.24, 2.45) is 0 Å². The molecule has 3 heteroatoms. The second-order valence-electron chi connectivity index (χ2n) is 1.82. The first-order chi connectivity index (χ1) is 3.80. The molecule has 0 amide bonds. The van der Waals surface area contributed by atoms with E-state index in [2.05, 4.69) is 5.32 Å². The van der Waals surface area contributed by atoms with Gasteiger partial charge in [0.2, 0.25) is 0 Å². The number of nitrogens with zero attached hydrogens (tertiary/aromatic N) is 1. The van der Waals surface area contributed by atoms with Gasteiger partial charge in [-0.15, -0.1) is 0 Å². The molecule has 0 aromatic heterocycles. The number of nitrogens with one attached hydrogen (secondary N) is 1. The maximum atomic E-state index is 8.89. The van der Waals surface area contributed by atoms with E-state index in [4.69, 9.17) is 5.11 Å². The molecule has 0 aromatic carbocycles. The predicted molar refractivity (Wildman–Crippen MR) is 30.7 cm³/mol. The van der Waals surface area contributed by atoms with Gasteiger partial charge in [0, 0.05) is 12.4 Å². The van der Waals surface area contributed by atoms with Crippen LogP contribution in [0.1, 0.15) is 6.92 Å². The molecule has 0 radical (unpaired) electrons. The molecule has 3 nitrogen and oxygen atoms in total. The van der Waals surface area contributed by atoms with Gasteiger partial charge in [0.05, 0.1) is 6.67 Å². The lowest BCUT2D eigenvalue weighted by molar-refractivity contribution is 0.0585. The zero-order chi connectivity index (χ0) is 5.98. The predicted octanol–water partition coefficient (Wildman–Crippen LogP) is -0.341. The van der Waals surface area contributed by atoms with Gasteiger partial charge < -0.3 is 15.3 Å². The molecule has 1 heterocycles. The average molecular weight is 114 g/mol. The Kier molecular flexibility index (Phi) is 1.39. The molecule has 0 unspecified atom stereocenters. The minimum absolute atomic E-state index is 0.374. The third-order valence-corrected chi connectivity index (χ3v) is 1.14. The van der Waals surface area contributed by atoms with Crippen molar-refractivity contribution in [3.8, 4) is 0 Å². The fourth-order valence-electron chi connectivity index (χ4n) is 0.616. The van der Waals surface area contributed by atoms with Gasteiger partial charge in [0.1, 0.15) is 6.23 Å². The highest BCUT2D eigenvalue weighted by atomic mass is 16.3. The van der Waals surface area contributed by atoms with Crippen LogP contribution in [0.2, 0.25) is 0 Å². The van der Waals surface area contributed by atoms with E-state index in [1.807, 2.05) is 12.4 Å². The first-order valence-corrected chi connectivity index (χ1v) is 2.64. The molecule has 0 bridgehead atoms. The molecular weight excluding hydrogens is 104 g/mol. The van der Waals surface area contributed by atoms with Gasteiger partial charge in [-0.2, -0.15) is 0 Å². The quantitative estimate of drug-likeness (QED) is 0.489. The van der Waals surface area contributed by atoms with Crippen LogP contribution < -0.4 is 5.32 Å². The number of hydrogen-bond donors (Lipinski definition) is 2. The van der Waals surface area contributed by atoms with Crippen LogP contribution in [0.4, 0.5) is 0 Å². The van der Waals surface area contributed by atoms with Crippen LogP contribution >= 0.6 is 0 Å². The highest BCUT2D eigenvalue weighted by Crippen LogP contribution is 1.97. The van der Waals surface area contributed by atoms with E-state index in [0.717, 1.165) is 6.67 Å². The van der Waals surface area contributed by atoms with Crippen LogP contribution in [-0.4, -0.2) is 22.9 Å². The van der Waals surface area contributed by atoms with E-state index < -0.39 is 0 Å². The summed E-state index contributed by atoms with van der Waals surface area (Å²) in [7, 11) is 0. The van der Waals surface area contributed by atoms with Crippen LogP contribution in [-0.2, 0) is 0 Å². The molecule has 1 rings (SSSR count). The maximum absolute atomic E-state index is 8.89. The molecule has 0 saturated heterocycles. The standard InChI is InChI=1S/C5H10N2O/c1-5(8)7-3-2-6-4-7/h2-3,5-6,8H,4H2,1H3/t5-/m1/s1.